The molecule has 1 unspecified atom stereocenters. The molecule has 1 aliphatic carbocycles. The van der Waals surface area contributed by atoms with E-state index in [2.05, 4.69) is 16.0 Å². The highest BCUT2D eigenvalue weighted by Gasteiger charge is 2.46. The molecule has 4 aliphatic rings. The molecule has 0 radical (unpaired) electrons. The Balaban J connectivity index is 1.29. The average Bonchev–Trinajstić information content (AvgIpc) is 2.97. The van der Waals surface area contributed by atoms with E-state index < -0.39 is 23.8 Å². The number of amides is 4. The van der Waals surface area contributed by atoms with Gasteiger partial charge in [0.15, 0.2) is 0 Å². The summed E-state index contributed by atoms with van der Waals surface area (Å²) in [6, 6.07) is 4.78. The largest absolute Gasteiger partial charge is 0.317 e. The fraction of sp³-hybridized carbons (Fsp3) is 0.545. The number of nitrogens with zero attached hydrogens (tertiary/aromatic N) is 1. The van der Waals surface area contributed by atoms with Crippen molar-refractivity contribution in [2.24, 2.45) is 5.41 Å². The van der Waals surface area contributed by atoms with Crippen LogP contribution in [0.1, 0.15) is 64.8 Å². The zero-order valence-corrected chi connectivity index (χ0v) is 16.8. The summed E-state index contributed by atoms with van der Waals surface area (Å²) in [6.45, 7) is 2.70. The topological polar surface area (TPSA) is 108 Å². The average molecular weight is 410 g/mol. The van der Waals surface area contributed by atoms with Crippen LogP contribution in [0.4, 0.5) is 0 Å². The highest BCUT2D eigenvalue weighted by Crippen LogP contribution is 2.48. The molecule has 1 aromatic rings. The summed E-state index contributed by atoms with van der Waals surface area (Å²) in [6.07, 6.45) is 5.04. The third kappa shape index (κ3) is 3.15. The number of hydrogen-bond acceptors (Lipinski definition) is 6. The molecule has 1 saturated carbocycles. The zero-order valence-electron chi connectivity index (χ0n) is 16.8. The first-order valence-corrected chi connectivity index (χ1v) is 10.8. The Kier molecular flexibility index (Phi) is 4.71. The van der Waals surface area contributed by atoms with Crippen LogP contribution in [0.2, 0.25) is 0 Å². The Morgan fingerprint density at radius 2 is 1.83 bits per heavy atom. The van der Waals surface area contributed by atoms with Gasteiger partial charge in [-0.3, -0.25) is 29.4 Å². The Labute approximate surface area is 174 Å². The van der Waals surface area contributed by atoms with E-state index in [0.29, 0.717) is 29.1 Å². The fourth-order valence-corrected chi connectivity index (χ4v) is 5.48. The third-order valence-corrected chi connectivity index (χ3v) is 7.16. The van der Waals surface area contributed by atoms with Gasteiger partial charge in [-0.05, 0) is 62.2 Å². The molecule has 1 spiro atoms. The van der Waals surface area contributed by atoms with Crippen molar-refractivity contribution >= 4 is 23.6 Å². The minimum atomic E-state index is -0.928. The molecule has 1 aromatic carbocycles. The molecular weight excluding hydrogens is 384 g/mol. The Hall–Kier alpha value is -2.58. The second-order valence-corrected chi connectivity index (χ2v) is 9.02. The van der Waals surface area contributed by atoms with Crippen molar-refractivity contribution in [3.8, 4) is 0 Å². The number of nitrogens with one attached hydrogen (secondary N) is 3. The van der Waals surface area contributed by atoms with Gasteiger partial charge in [0.05, 0.1) is 11.1 Å². The minimum Gasteiger partial charge on any atom is -0.317 e. The lowest BCUT2D eigenvalue weighted by Crippen LogP contribution is -2.54. The second kappa shape index (κ2) is 7.28. The SMILES string of the molecule is O=C1CCC(N2C(=O)c3cccc(CNC4CC5(CCNCC5)C4)c3C2=O)C(=O)N1. The van der Waals surface area contributed by atoms with E-state index in [-0.39, 0.29) is 18.7 Å². The van der Waals surface area contributed by atoms with Gasteiger partial charge in [0.1, 0.15) is 6.04 Å². The summed E-state index contributed by atoms with van der Waals surface area (Å²) in [5, 5.41) is 9.20. The lowest BCUT2D eigenvalue weighted by molar-refractivity contribution is -0.136. The van der Waals surface area contributed by atoms with Crippen LogP contribution >= 0.6 is 0 Å². The van der Waals surface area contributed by atoms with Crippen molar-refractivity contribution in [1.29, 1.82) is 0 Å². The van der Waals surface area contributed by atoms with E-state index in [1.807, 2.05) is 6.07 Å². The predicted molar refractivity (Wildman–Crippen MR) is 108 cm³/mol. The molecule has 8 heteroatoms. The zero-order chi connectivity index (χ0) is 20.9. The Morgan fingerprint density at radius 1 is 1.07 bits per heavy atom. The maximum Gasteiger partial charge on any atom is 0.262 e. The van der Waals surface area contributed by atoms with Gasteiger partial charge in [-0.2, -0.15) is 0 Å². The number of piperidine rings is 2. The number of benzene rings is 1. The fourth-order valence-electron chi connectivity index (χ4n) is 5.48. The monoisotopic (exact) mass is 410 g/mol. The Bertz CT molecular complexity index is 929. The van der Waals surface area contributed by atoms with Gasteiger partial charge in [0.25, 0.3) is 11.8 Å². The van der Waals surface area contributed by atoms with Crippen molar-refractivity contribution in [1.82, 2.24) is 20.9 Å². The van der Waals surface area contributed by atoms with Gasteiger partial charge in [-0.15, -0.1) is 0 Å². The van der Waals surface area contributed by atoms with Crippen LogP contribution in [0, 0.1) is 5.41 Å². The highest BCUT2D eigenvalue weighted by molar-refractivity contribution is 6.24. The van der Waals surface area contributed by atoms with Gasteiger partial charge in [0.2, 0.25) is 11.8 Å². The first-order valence-electron chi connectivity index (χ1n) is 10.8. The van der Waals surface area contributed by atoms with Gasteiger partial charge < -0.3 is 10.6 Å². The van der Waals surface area contributed by atoms with Crippen LogP contribution in [0.25, 0.3) is 0 Å². The van der Waals surface area contributed by atoms with Gasteiger partial charge in [-0.25, -0.2) is 0 Å². The minimum absolute atomic E-state index is 0.122. The van der Waals surface area contributed by atoms with E-state index >= 15 is 0 Å². The number of fused-ring (bicyclic) bond motifs is 1. The molecular formula is C22H26N4O4. The number of hydrogen-bond donors (Lipinski definition) is 3. The molecule has 0 bridgehead atoms. The van der Waals surface area contributed by atoms with Crippen molar-refractivity contribution in [3.05, 3.63) is 34.9 Å². The van der Waals surface area contributed by atoms with Crippen molar-refractivity contribution < 1.29 is 19.2 Å². The summed E-state index contributed by atoms with van der Waals surface area (Å²) in [5.74, 6) is -1.85. The summed E-state index contributed by atoms with van der Waals surface area (Å²) >= 11 is 0. The van der Waals surface area contributed by atoms with E-state index in [9.17, 15) is 19.2 Å². The van der Waals surface area contributed by atoms with E-state index in [4.69, 9.17) is 0 Å². The molecule has 158 valence electrons. The molecule has 0 aromatic heterocycles. The maximum atomic E-state index is 13.1. The van der Waals surface area contributed by atoms with Crippen LogP contribution in [0.15, 0.2) is 18.2 Å². The van der Waals surface area contributed by atoms with Gasteiger partial charge in [0, 0.05) is 19.0 Å². The number of imide groups is 2. The Morgan fingerprint density at radius 3 is 2.57 bits per heavy atom. The van der Waals surface area contributed by atoms with Crippen LogP contribution in [0.5, 0.6) is 0 Å². The molecule has 3 aliphatic heterocycles. The van der Waals surface area contributed by atoms with Gasteiger partial charge in [-0.1, -0.05) is 12.1 Å². The summed E-state index contributed by atoms with van der Waals surface area (Å²) in [4.78, 5) is 50.7. The lowest BCUT2D eigenvalue weighted by Gasteiger charge is -2.50. The molecule has 3 heterocycles. The maximum absolute atomic E-state index is 13.1. The smallest absolute Gasteiger partial charge is 0.262 e. The third-order valence-electron chi connectivity index (χ3n) is 7.16. The second-order valence-electron chi connectivity index (χ2n) is 9.02. The number of rotatable bonds is 4. The molecule has 2 saturated heterocycles. The standard InChI is InChI=1S/C22H26N4O4/c27-17-5-4-16(19(28)25-17)26-20(29)15-3-1-2-13(18(15)21(26)30)12-24-14-10-22(11-14)6-8-23-9-7-22/h1-3,14,16,23-24H,4-12H2,(H,25,27,28). The van der Waals surface area contributed by atoms with Crippen molar-refractivity contribution in [3.63, 3.8) is 0 Å². The first kappa shape index (κ1) is 19.4. The van der Waals surface area contributed by atoms with Crippen LogP contribution in [0.3, 0.4) is 0 Å². The molecule has 30 heavy (non-hydrogen) atoms. The molecule has 5 rings (SSSR count). The number of carbonyl (C=O) groups excluding carboxylic acids is 4. The van der Waals surface area contributed by atoms with E-state index in [0.717, 1.165) is 36.4 Å². The molecule has 3 N–H and O–H groups in total. The van der Waals surface area contributed by atoms with E-state index in [1.54, 1.807) is 12.1 Å². The molecule has 4 amide bonds. The number of carbonyl (C=O) groups is 4. The lowest BCUT2D eigenvalue weighted by atomic mass is 9.60. The molecule has 8 nitrogen and oxygen atoms in total. The first-order chi connectivity index (χ1) is 14.5. The van der Waals surface area contributed by atoms with Gasteiger partial charge >= 0.3 is 0 Å². The van der Waals surface area contributed by atoms with Crippen molar-refractivity contribution in [2.45, 2.75) is 57.2 Å². The predicted octanol–water partition coefficient (Wildman–Crippen LogP) is 0.710. The quantitative estimate of drug-likeness (QED) is 0.631. The summed E-state index contributed by atoms with van der Waals surface area (Å²) in [7, 11) is 0. The normalized spacial score (nSPS) is 26.0. The van der Waals surface area contributed by atoms with Crippen molar-refractivity contribution in [2.75, 3.05) is 13.1 Å². The highest BCUT2D eigenvalue weighted by atomic mass is 16.2. The van der Waals surface area contributed by atoms with Crippen LogP contribution in [-0.4, -0.2) is 53.7 Å². The molecule has 1 atom stereocenters. The molecule has 3 fully saturated rings. The van der Waals surface area contributed by atoms with Crippen LogP contribution in [-0.2, 0) is 16.1 Å². The van der Waals surface area contributed by atoms with Crippen LogP contribution < -0.4 is 16.0 Å². The summed E-state index contributed by atoms with van der Waals surface area (Å²) in [5.41, 5.74) is 1.98. The summed E-state index contributed by atoms with van der Waals surface area (Å²) < 4.78 is 0. The van der Waals surface area contributed by atoms with E-state index in [1.165, 1.54) is 12.8 Å².